The molecule has 1 aromatic rings. The van der Waals surface area contributed by atoms with Crippen LogP contribution < -0.4 is 5.32 Å². The Morgan fingerprint density at radius 1 is 1.06 bits per heavy atom. The highest BCUT2D eigenvalue weighted by Gasteiger charge is 2.38. The summed E-state index contributed by atoms with van der Waals surface area (Å²) >= 11 is 1.43. The van der Waals surface area contributed by atoms with Crippen molar-refractivity contribution in [3.05, 3.63) is 35.4 Å². The first-order valence-electron chi connectivity index (χ1n) is 10.8. The van der Waals surface area contributed by atoms with Crippen LogP contribution in [0.1, 0.15) is 48.5 Å². The molecule has 1 aromatic carbocycles. The molecule has 0 radical (unpaired) electrons. The van der Waals surface area contributed by atoms with E-state index in [1.807, 2.05) is 9.80 Å². The zero-order valence-electron chi connectivity index (χ0n) is 18.0. The Labute approximate surface area is 189 Å². The van der Waals surface area contributed by atoms with E-state index < -0.39 is 17.6 Å². The van der Waals surface area contributed by atoms with E-state index >= 15 is 0 Å². The Kier molecular flexibility index (Phi) is 8.08. The van der Waals surface area contributed by atoms with E-state index in [1.165, 1.54) is 11.8 Å². The zero-order valence-corrected chi connectivity index (χ0v) is 18.8. The van der Waals surface area contributed by atoms with Gasteiger partial charge in [-0.3, -0.25) is 14.4 Å². The van der Waals surface area contributed by atoms with Crippen molar-refractivity contribution < 1.29 is 27.6 Å². The molecule has 1 aliphatic heterocycles. The SMILES string of the molecule is CC(=O)N1CCC(N(C(=O)CSCCNC(=O)c2ccc(C(F)(F)F)cc2)C2CC2)CC1. The van der Waals surface area contributed by atoms with E-state index in [0.717, 1.165) is 49.9 Å². The second kappa shape index (κ2) is 10.6. The molecule has 1 N–H and O–H groups in total. The Morgan fingerprint density at radius 2 is 1.66 bits per heavy atom. The van der Waals surface area contributed by atoms with Gasteiger partial charge in [0.05, 0.1) is 11.3 Å². The van der Waals surface area contributed by atoms with Gasteiger partial charge in [-0.05, 0) is 49.9 Å². The normalized spacial score (nSPS) is 17.2. The number of carbonyl (C=O) groups is 3. The van der Waals surface area contributed by atoms with Gasteiger partial charge < -0.3 is 15.1 Å². The molecule has 176 valence electrons. The molecule has 3 amide bonds. The van der Waals surface area contributed by atoms with Gasteiger partial charge in [-0.2, -0.15) is 24.9 Å². The molecule has 0 aromatic heterocycles. The predicted molar refractivity (Wildman–Crippen MR) is 116 cm³/mol. The van der Waals surface area contributed by atoms with Crippen molar-refractivity contribution in [2.45, 2.75) is 50.9 Å². The summed E-state index contributed by atoms with van der Waals surface area (Å²) in [6, 6.07) is 4.55. The summed E-state index contributed by atoms with van der Waals surface area (Å²) in [7, 11) is 0. The van der Waals surface area contributed by atoms with Gasteiger partial charge in [-0.15, -0.1) is 0 Å². The lowest BCUT2D eigenvalue weighted by Crippen LogP contribution is -2.49. The number of nitrogens with zero attached hydrogens (tertiary/aromatic N) is 2. The molecule has 0 unspecified atom stereocenters. The van der Waals surface area contributed by atoms with Crippen LogP contribution in [0.15, 0.2) is 24.3 Å². The van der Waals surface area contributed by atoms with Crippen LogP contribution in [0.25, 0.3) is 0 Å². The number of halogens is 3. The minimum Gasteiger partial charge on any atom is -0.351 e. The summed E-state index contributed by atoms with van der Waals surface area (Å²) in [5, 5.41) is 2.67. The Hall–Kier alpha value is -2.23. The van der Waals surface area contributed by atoms with Crippen LogP contribution in [-0.2, 0) is 15.8 Å². The van der Waals surface area contributed by atoms with E-state index in [9.17, 15) is 27.6 Å². The number of hydrogen-bond donors (Lipinski definition) is 1. The van der Waals surface area contributed by atoms with Crippen LogP contribution in [-0.4, -0.2) is 70.7 Å². The van der Waals surface area contributed by atoms with Crippen LogP contribution in [0.5, 0.6) is 0 Å². The lowest BCUT2D eigenvalue weighted by atomic mass is 10.0. The summed E-state index contributed by atoms with van der Waals surface area (Å²) in [5.74, 6) is 0.566. The molecule has 32 heavy (non-hydrogen) atoms. The first kappa shape index (κ1) is 24.4. The van der Waals surface area contributed by atoms with Crippen LogP contribution in [0.2, 0.25) is 0 Å². The fourth-order valence-electron chi connectivity index (χ4n) is 3.90. The first-order valence-corrected chi connectivity index (χ1v) is 11.9. The van der Waals surface area contributed by atoms with Gasteiger partial charge in [0, 0.05) is 50.0 Å². The molecule has 0 atom stereocenters. The molecule has 1 saturated heterocycles. The molecule has 1 saturated carbocycles. The van der Waals surface area contributed by atoms with Gasteiger partial charge >= 0.3 is 6.18 Å². The maximum absolute atomic E-state index is 12.8. The average molecular weight is 472 g/mol. The number of rotatable bonds is 8. The predicted octanol–water partition coefficient (Wildman–Crippen LogP) is 3.17. The Morgan fingerprint density at radius 3 is 2.19 bits per heavy atom. The molecule has 1 aliphatic carbocycles. The largest absolute Gasteiger partial charge is 0.416 e. The van der Waals surface area contributed by atoms with Crippen LogP contribution in [0.4, 0.5) is 13.2 Å². The highest BCUT2D eigenvalue weighted by molar-refractivity contribution is 7.99. The number of piperidine rings is 1. The van der Waals surface area contributed by atoms with Gasteiger partial charge in [0.2, 0.25) is 11.8 Å². The molecule has 10 heteroatoms. The average Bonchev–Trinajstić information content (AvgIpc) is 3.58. The van der Waals surface area contributed by atoms with Crippen molar-refractivity contribution in [2.75, 3.05) is 31.1 Å². The fraction of sp³-hybridized carbons (Fsp3) is 0.591. The minimum absolute atomic E-state index is 0.0710. The van der Waals surface area contributed by atoms with Crippen LogP contribution >= 0.6 is 11.8 Å². The van der Waals surface area contributed by atoms with Crippen molar-refractivity contribution in [2.24, 2.45) is 0 Å². The summed E-state index contributed by atoms with van der Waals surface area (Å²) in [4.78, 5) is 40.2. The molecular weight excluding hydrogens is 443 g/mol. The third kappa shape index (κ3) is 6.63. The lowest BCUT2D eigenvalue weighted by molar-refractivity contribution is -0.138. The number of hydrogen-bond acceptors (Lipinski definition) is 4. The number of alkyl halides is 3. The van der Waals surface area contributed by atoms with Crippen molar-refractivity contribution in [3.8, 4) is 0 Å². The Balaban J connectivity index is 1.38. The van der Waals surface area contributed by atoms with E-state index in [-0.39, 0.29) is 23.4 Å². The Bertz CT molecular complexity index is 820. The van der Waals surface area contributed by atoms with E-state index in [4.69, 9.17) is 0 Å². The third-order valence-corrected chi connectivity index (χ3v) is 6.71. The molecule has 6 nitrogen and oxygen atoms in total. The summed E-state index contributed by atoms with van der Waals surface area (Å²) < 4.78 is 37.8. The molecule has 3 rings (SSSR count). The highest BCUT2D eigenvalue weighted by Crippen LogP contribution is 2.32. The van der Waals surface area contributed by atoms with Crippen LogP contribution in [0, 0.1) is 0 Å². The second-order valence-electron chi connectivity index (χ2n) is 8.15. The first-order chi connectivity index (χ1) is 15.2. The number of likely N-dealkylation sites (tertiary alicyclic amines) is 1. The van der Waals surface area contributed by atoms with Gasteiger partial charge in [0.15, 0.2) is 0 Å². The summed E-state index contributed by atoms with van der Waals surface area (Å²) in [5.41, 5.74) is -0.633. The molecule has 0 bridgehead atoms. The summed E-state index contributed by atoms with van der Waals surface area (Å²) in [6.45, 7) is 3.24. The zero-order chi connectivity index (χ0) is 23.3. The molecule has 0 spiro atoms. The van der Waals surface area contributed by atoms with Gasteiger partial charge in [-0.1, -0.05) is 0 Å². The fourth-order valence-corrected chi connectivity index (χ4v) is 4.61. The minimum atomic E-state index is -4.43. The van der Waals surface area contributed by atoms with Crippen molar-refractivity contribution in [3.63, 3.8) is 0 Å². The third-order valence-electron chi connectivity index (χ3n) is 5.76. The quantitative estimate of drug-likeness (QED) is 0.592. The van der Waals surface area contributed by atoms with Crippen LogP contribution in [0.3, 0.4) is 0 Å². The molecule has 2 fully saturated rings. The van der Waals surface area contributed by atoms with Gasteiger partial charge in [0.1, 0.15) is 0 Å². The highest BCUT2D eigenvalue weighted by atomic mass is 32.2. The lowest BCUT2D eigenvalue weighted by Gasteiger charge is -2.38. The standard InChI is InChI=1S/C22H28F3N3O3S/c1-15(29)27-11-8-19(9-12-27)28(18-6-7-18)20(30)14-32-13-10-26-21(31)16-2-4-17(5-3-16)22(23,24)25/h2-5,18-19H,6-14H2,1H3,(H,26,31). The molecular formula is C22H28F3N3O3S. The maximum atomic E-state index is 12.8. The molecule has 2 aliphatic rings. The van der Waals surface area contributed by atoms with Gasteiger partial charge in [0.25, 0.3) is 5.91 Å². The topological polar surface area (TPSA) is 69.7 Å². The number of carbonyl (C=O) groups excluding carboxylic acids is 3. The van der Waals surface area contributed by atoms with Gasteiger partial charge in [-0.25, -0.2) is 0 Å². The van der Waals surface area contributed by atoms with E-state index in [2.05, 4.69) is 5.32 Å². The number of benzene rings is 1. The number of nitrogens with one attached hydrogen (secondary N) is 1. The number of thioether (sulfide) groups is 1. The summed E-state index contributed by atoms with van der Waals surface area (Å²) in [6.07, 6.45) is -0.790. The smallest absolute Gasteiger partial charge is 0.351 e. The maximum Gasteiger partial charge on any atom is 0.416 e. The van der Waals surface area contributed by atoms with E-state index in [0.29, 0.717) is 37.2 Å². The monoisotopic (exact) mass is 471 g/mol. The van der Waals surface area contributed by atoms with Crippen molar-refractivity contribution in [1.82, 2.24) is 15.1 Å². The second-order valence-corrected chi connectivity index (χ2v) is 9.26. The van der Waals surface area contributed by atoms with Crippen molar-refractivity contribution in [1.29, 1.82) is 0 Å². The van der Waals surface area contributed by atoms with Crippen molar-refractivity contribution >= 4 is 29.5 Å². The van der Waals surface area contributed by atoms with E-state index in [1.54, 1.807) is 6.92 Å². The number of amides is 3. The molecule has 1 heterocycles.